The first-order valence-electron chi connectivity index (χ1n) is 11.3. The summed E-state index contributed by atoms with van der Waals surface area (Å²) in [4.78, 5) is 18.1. The van der Waals surface area contributed by atoms with Crippen molar-refractivity contribution in [1.29, 1.82) is 0 Å². The summed E-state index contributed by atoms with van der Waals surface area (Å²) >= 11 is 5.86. The molecule has 0 spiro atoms. The molecule has 5 heteroatoms. The molecular weight excluding hydrogens is 402 g/mol. The van der Waals surface area contributed by atoms with Crippen LogP contribution in [0.15, 0.2) is 53.3 Å². The number of pyridine rings is 1. The lowest BCUT2D eigenvalue weighted by molar-refractivity contribution is 0.240. The zero-order chi connectivity index (χ0) is 21.8. The van der Waals surface area contributed by atoms with Gasteiger partial charge < -0.3 is 15.2 Å². The standard InChI is InChI=1S/C26H31N3OS/c1-3-19-10-12-22(13-11-19)27-26(31)29(23-7-5-4-6-8-23)17-21-16-20-15-18(2)9-14-24(20)28-25(21)30/h9-16,23H,3-8,17H2,1-2H3,(H,27,31)(H,28,30). The van der Waals surface area contributed by atoms with E-state index < -0.39 is 0 Å². The van der Waals surface area contributed by atoms with Gasteiger partial charge in [0.15, 0.2) is 5.11 Å². The number of nitrogens with zero attached hydrogens (tertiary/aromatic N) is 1. The van der Waals surface area contributed by atoms with Gasteiger partial charge in [0, 0.05) is 22.8 Å². The Morgan fingerprint density at radius 2 is 1.84 bits per heavy atom. The molecule has 0 radical (unpaired) electrons. The van der Waals surface area contributed by atoms with Gasteiger partial charge in [-0.2, -0.15) is 0 Å². The van der Waals surface area contributed by atoms with E-state index >= 15 is 0 Å². The molecule has 0 saturated heterocycles. The fourth-order valence-corrected chi connectivity index (χ4v) is 4.78. The Hall–Kier alpha value is -2.66. The van der Waals surface area contributed by atoms with Gasteiger partial charge in [0.05, 0.1) is 6.54 Å². The molecule has 1 aliphatic rings. The van der Waals surface area contributed by atoms with Gasteiger partial charge in [-0.05, 0) is 79.7 Å². The van der Waals surface area contributed by atoms with Crippen LogP contribution in [0.25, 0.3) is 10.9 Å². The fraction of sp³-hybridized carbons (Fsp3) is 0.385. The summed E-state index contributed by atoms with van der Waals surface area (Å²) in [6.45, 7) is 4.74. The third-order valence-corrected chi connectivity index (χ3v) is 6.64. The van der Waals surface area contributed by atoms with Gasteiger partial charge in [0.1, 0.15) is 0 Å². The van der Waals surface area contributed by atoms with Crippen molar-refractivity contribution < 1.29 is 0 Å². The number of nitrogens with one attached hydrogen (secondary N) is 2. The minimum atomic E-state index is -0.0349. The van der Waals surface area contributed by atoms with E-state index in [9.17, 15) is 4.79 Å². The average Bonchev–Trinajstić information content (AvgIpc) is 2.79. The highest BCUT2D eigenvalue weighted by Gasteiger charge is 2.24. The molecule has 0 aliphatic heterocycles. The molecule has 4 rings (SSSR count). The maximum Gasteiger partial charge on any atom is 0.253 e. The Bertz CT molecular complexity index is 1110. The Labute approximate surface area is 189 Å². The van der Waals surface area contributed by atoms with Crippen molar-refractivity contribution in [2.75, 3.05) is 5.32 Å². The quantitative estimate of drug-likeness (QED) is 0.490. The first-order chi connectivity index (χ1) is 15.0. The second-order valence-electron chi connectivity index (χ2n) is 8.61. The molecule has 162 valence electrons. The number of rotatable bonds is 5. The lowest BCUT2D eigenvalue weighted by Gasteiger charge is -2.36. The summed E-state index contributed by atoms with van der Waals surface area (Å²) in [5, 5.41) is 5.18. The molecule has 0 atom stereocenters. The van der Waals surface area contributed by atoms with Gasteiger partial charge in [-0.15, -0.1) is 0 Å². The summed E-state index contributed by atoms with van der Waals surface area (Å²) in [5.41, 5.74) is 5.08. The Kier molecular flexibility index (Phi) is 6.71. The number of H-pyrrole nitrogens is 1. The molecule has 1 saturated carbocycles. The van der Waals surface area contributed by atoms with Crippen LogP contribution < -0.4 is 10.9 Å². The Morgan fingerprint density at radius 3 is 2.55 bits per heavy atom. The lowest BCUT2D eigenvalue weighted by Crippen LogP contribution is -2.44. The third kappa shape index (κ3) is 5.16. The molecule has 1 aliphatic carbocycles. The monoisotopic (exact) mass is 433 g/mol. The number of hydrogen-bond donors (Lipinski definition) is 2. The lowest BCUT2D eigenvalue weighted by atomic mass is 9.94. The number of thiocarbonyl (C=S) groups is 1. The molecular formula is C26H31N3OS. The van der Waals surface area contributed by atoms with Crippen LogP contribution in [0.3, 0.4) is 0 Å². The van der Waals surface area contributed by atoms with E-state index in [0.717, 1.165) is 41.4 Å². The number of anilines is 1. The van der Waals surface area contributed by atoms with Crippen LogP contribution in [-0.2, 0) is 13.0 Å². The maximum absolute atomic E-state index is 12.8. The van der Waals surface area contributed by atoms with Crippen molar-refractivity contribution in [2.45, 2.75) is 65.0 Å². The highest BCUT2D eigenvalue weighted by molar-refractivity contribution is 7.80. The van der Waals surface area contributed by atoms with Crippen LogP contribution in [0.5, 0.6) is 0 Å². The summed E-state index contributed by atoms with van der Waals surface area (Å²) in [6, 6.07) is 16.9. The number of hydrogen-bond acceptors (Lipinski definition) is 2. The van der Waals surface area contributed by atoms with Crippen molar-refractivity contribution >= 4 is 33.9 Å². The van der Waals surface area contributed by atoms with Crippen molar-refractivity contribution in [3.05, 3.63) is 75.6 Å². The van der Waals surface area contributed by atoms with E-state index in [1.807, 2.05) is 18.2 Å². The predicted octanol–water partition coefficient (Wildman–Crippen LogP) is 5.93. The summed E-state index contributed by atoms with van der Waals surface area (Å²) < 4.78 is 0. The molecule has 0 bridgehead atoms. The second kappa shape index (κ2) is 9.65. The van der Waals surface area contributed by atoms with Gasteiger partial charge in [-0.1, -0.05) is 49.9 Å². The van der Waals surface area contributed by atoms with Crippen LogP contribution >= 0.6 is 12.2 Å². The number of aryl methyl sites for hydroxylation is 2. The number of benzene rings is 2. The molecule has 1 fully saturated rings. The fourth-order valence-electron chi connectivity index (χ4n) is 4.45. The van der Waals surface area contributed by atoms with E-state index in [4.69, 9.17) is 12.2 Å². The number of fused-ring (bicyclic) bond motifs is 1. The average molecular weight is 434 g/mol. The number of aromatic nitrogens is 1. The molecule has 1 aromatic heterocycles. The normalized spacial score (nSPS) is 14.5. The summed E-state index contributed by atoms with van der Waals surface area (Å²) in [7, 11) is 0. The Balaban J connectivity index is 1.61. The minimum Gasteiger partial charge on any atom is -0.342 e. The minimum absolute atomic E-state index is 0.0349. The molecule has 4 nitrogen and oxygen atoms in total. The van der Waals surface area contributed by atoms with Crippen LogP contribution in [-0.4, -0.2) is 21.0 Å². The maximum atomic E-state index is 12.8. The van der Waals surface area contributed by atoms with Gasteiger partial charge in [0.2, 0.25) is 0 Å². The molecule has 0 unspecified atom stereocenters. The highest BCUT2D eigenvalue weighted by atomic mass is 32.1. The summed E-state index contributed by atoms with van der Waals surface area (Å²) in [6.07, 6.45) is 6.94. The molecule has 1 heterocycles. The van der Waals surface area contributed by atoms with Crippen LogP contribution in [0, 0.1) is 6.92 Å². The highest BCUT2D eigenvalue weighted by Crippen LogP contribution is 2.25. The van der Waals surface area contributed by atoms with Crippen molar-refractivity contribution in [2.24, 2.45) is 0 Å². The molecule has 2 aromatic carbocycles. The topological polar surface area (TPSA) is 48.1 Å². The van der Waals surface area contributed by atoms with Crippen LogP contribution in [0.4, 0.5) is 5.69 Å². The van der Waals surface area contributed by atoms with Gasteiger partial charge in [-0.25, -0.2) is 0 Å². The Morgan fingerprint density at radius 1 is 1.10 bits per heavy atom. The van der Waals surface area contributed by atoms with Crippen molar-refractivity contribution in [3.63, 3.8) is 0 Å². The van der Waals surface area contributed by atoms with Crippen molar-refractivity contribution in [1.82, 2.24) is 9.88 Å². The summed E-state index contributed by atoms with van der Waals surface area (Å²) in [5.74, 6) is 0. The third-order valence-electron chi connectivity index (χ3n) is 6.31. The van der Waals surface area contributed by atoms with Gasteiger partial charge in [0.25, 0.3) is 5.56 Å². The van der Waals surface area contributed by atoms with E-state index in [0.29, 0.717) is 17.7 Å². The van der Waals surface area contributed by atoms with Crippen LogP contribution in [0.1, 0.15) is 55.7 Å². The van der Waals surface area contributed by atoms with Crippen LogP contribution in [0.2, 0.25) is 0 Å². The molecule has 3 aromatic rings. The van der Waals surface area contributed by atoms with E-state index in [1.165, 1.54) is 30.4 Å². The van der Waals surface area contributed by atoms with Gasteiger partial charge in [-0.3, -0.25) is 4.79 Å². The zero-order valence-electron chi connectivity index (χ0n) is 18.4. The molecule has 0 amide bonds. The van der Waals surface area contributed by atoms with E-state index in [-0.39, 0.29) is 5.56 Å². The zero-order valence-corrected chi connectivity index (χ0v) is 19.2. The largest absolute Gasteiger partial charge is 0.342 e. The molecule has 2 N–H and O–H groups in total. The molecule has 31 heavy (non-hydrogen) atoms. The number of aromatic amines is 1. The first kappa shape index (κ1) is 21.6. The van der Waals surface area contributed by atoms with E-state index in [1.54, 1.807) is 0 Å². The first-order valence-corrected chi connectivity index (χ1v) is 11.7. The second-order valence-corrected chi connectivity index (χ2v) is 9.00. The predicted molar refractivity (Wildman–Crippen MR) is 134 cm³/mol. The van der Waals surface area contributed by atoms with Crippen molar-refractivity contribution in [3.8, 4) is 0 Å². The SMILES string of the molecule is CCc1ccc(NC(=S)N(Cc2cc3cc(C)ccc3[nH]c2=O)C2CCCCC2)cc1. The smallest absolute Gasteiger partial charge is 0.253 e. The van der Waals surface area contributed by atoms with E-state index in [2.05, 4.69) is 59.4 Å². The van der Waals surface area contributed by atoms with Gasteiger partial charge >= 0.3 is 0 Å².